The molecular formula is C32H40F3N7O4S. The van der Waals surface area contributed by atoms with Crippen LogP contribution in [-0.4, -0.2) is 75.3 Å². The van der Waals surface area contributed by atoms with Crippen LogP contribution in [-0.2, 0) is 22.7 Å². The number of sulfonamides is 1. The van der Waals surface area contributed by atoms with E-state index in [1.807, 2.05) is 0 Å². The number of nitrogens with one attached hydrogen (secondary N) is 3. The smallest absolute Gasteiger partial charge is 0.421 e. The molecule has 0 bridgehead atoms. The third-order valence-electron chi connectivity index (χ3n) is 8.38. The minimum absolute atomic E-state index is 0.0491. The van der Waals surface area contributed by atoms with Gasteiger partial charge >= 0.3 is 6.18 Å². The number of carbonyl (C=O) groups excluding carboxylic acids is 1. The molecular weight excluding hydrogens is 635 g/mol. The summed E-state index contributed by atoms with van der Waals surface area (Å²) in [6.07, 6.45) is 1.44. The Morgan fingerprint density at radius 2 is 1.91 bits per heavy atom. The third-order valence-corrected chi connectivity index (χ3v) is 9.57. The van der Waals surface area contributed by atoms with Crippen molar-refractivity contribution in [3.8, 4) is 5.75 Å². The maximum Gasteiger partial charge on any atom is 0.421 e. The lowest BCUT2D eigenvalue weighted by molar-refractivity contribution is -0.137. The van der Waals surface area contributed by atoms with E-state index in [1.165, 1.54) is 27.0 Å². The number of benzene rings is 2. The van der Waals surface area contributed by atoms with Gasteiger partial charge in [0.2, 0.25) is 16.0 Å². The number of rotatable bonds is 12. The number of piperidine rings is 1. The van der Waals surface area contributed by atoms with E-state index in [0.29, 0.717) is 28.7 Å². The van der Waals surface area contributed by atoms with Gasteiger partial charge in [0, 0.05) is 44.5 Å². The standard InChI is InChI=1S/C32H40F3N7O4S/c1-20-7-10-23(27(14-20)41(2)47(4,44)45)16-36-29-25(32(33,34)35)17-37-31(40-29)39-26-12-11-22(15-28(26)46-3)30(43)38-24-6-5-13-42(19-24)18-21-8-9-21/h7,10-12,14-15,17,21,24H,5-6,8-9,13,16,18-19H2,1-4H3,(H,38,43)(H2,36,37,39,40). The molecule has 1 saturated carbocycles. The second kappa shape index (κ2) is 13.9. The molecule has 1 aliphatic carbocycles. The van der Waals surface area contributed by atoms with Crippen LogP contribution in [0.5, 0.6) is 5.75 Å². The first kappa shape index (κ1) is 34.2. The maximum absolute atomic E-state index is 13.9. The molecule has 254 valence electrons. The largest absolute Gasteiger partial charge is 0.495 e. The van der Waals surface area contributed by atoms with Crippen molar-refractivity contribution >= 4 is 39.1 Å². The molecule has 15 heteroatoms. The number of aromatic nitrogens is 2. The second-order valence-electron chi connectivity index (χ2n) is 12.2. The zero-order valence-corrected chi connectivity index (χ0v) is 27.6. The Balaban J connectivity index is 1.32. The van der Waals surface area contributed by atoms with Crippen molar-refractivity contribution in [2.75, 3.05) is 55.0 Å². The monoisotopic (exact) mass is 675 g/mol. The average Bonchev–Trinajstić information content (AvgIpc) is 3.83. The molecule has 3 aromatic rings. The lowest BCUT2D eigenvalue weighted by atomic mass is 10.0. The average molecular weight is 676 g/mol. The van der Waals surface area contributed by atoms with Crippen LogP contribution in [0.15, 0.2) is 42.6 Å². The van der Waals surface area contributed by atoms with Crippen LogP contribution < -0.4 is 25.0 Å². The number of alkyl halides is 3. The summed E-state index contributed by atoms with van der Waals surface area (Å²) in [5.41, 5.74) is 1.20. The van der Waals surface area contributed by atoms with E-state index in [2.05, 4.69) is 30.8 Å². The van der Waals surface area contributed by atoms with E-state index in [4.69, 9.17) is 4.74 Å². The first-order chi connectivity index (χ1) is 22.2. The van der Waals surface area contributed by atoms with E-state index in [9.17, 15) is 26.4 Å². The summed E-state index contributed by atoms with van der Waals surface area (Å²) in [5, 5.41) is 8.74. The first-order valence-electron chi connectivity index (χ1n) is 15.4. The minimum Gasteiger partial charge on any atom is -0.495 e. The van der Waals surface area contributed by atoms with Gasteiger partial charge in [0.05, 0.1) is 24.7 Å². The van der Waals surface area contributed by atoms with Gasteiger partial charge < -0.3 is 25.6 Å². The van der Waals surface area contributed by atoms with Gasteiger partial charge in [-0.3, -0.25) is 9.10 Å². The lowest BCUT2D eigenvalue weighted by Gasteiger charge is -2.33. The molecule has 1 aliphatic heterocycles. The highest BCUT2D eigenvalue weighted by Gasteiger charge is 2.35. The Labute approximate surface area is 273 Å². The highest BCUT2D eigenvalue weighted by molar-refractivity contribution is 7.92. The van der Waals surface area contributed by atoms with Gasteiger partial charge in [0.15, 0.2) is 0 Å². The summed E-state index contributed by atoms with van der Waals surface area (Å²) in [6, 6.07) is 9.83. The van der Waals surface area contributed by atoms with Gasteiger partial charge in [0.1, 0.15) is 17.1 Å². The molecule has 0 radical (unpaired) electrons. The van der Waals surface area contributed by atoms with Gasteiger partial charge in [-0.15, -0.1) is 0 Å². The summed E-state index contributed by atoms with van der Waals surface area (Å²) in [7, 11) is -0.826. The van der Waals surface area contributed by atoms with Gasteiger partial charge in [-0.25, -0.2) is 13.4 Å². The fraction of sp³-hybridized carbons (Fsp3) is 0.469. The number of amides is 1. The topological polar surface area (TPSA) is 129 Å². The number of halogens is 3. The fourth-order valence-corrected chi connectivity index (χ4v) is 6.12. The molecule has 1 unspecified atom stereocenters. The maximum atomic E-state index is 13.9. The minimum atomic E-state index is -4.76. The van der Waals surface area contributed by atoms with Gasteiger partial charge in [-0.2, -0.15) is 18.2 Å². The Hall–Kier alpha value is -4.11. The van der Waals surface area contributed by atoms with Crippen molar-refractivity contribution in [2.45, 2.75) is 51.4 Å². The normalized spacial score (nSPS) is 17.2. The number of carbonyl (C=O) groups is 1. The molecule has 1 saturated heterocycles. The highest BCUT2D eigenvalue weighted by Crippen LogP contribution is 2.36. The summed E-state index contributed by atoms with van der Waals surface area (Å²) < 4.78 is 72.8. The highest BCUT2D eigenvalue weighted by atomic mass is 32.2. The lowest BCUT2D eigenvalue weighted by Crippen LogP contribution is -2.48. The SMILES string of the molecule is COc1cc(C(=O)NC2CCCN(CC3CC3)C2)ccc1Nc1ncc(C(F)(F)F)c(NCc2ccc(C)cc2N(C)S(C)(=O)=O)n1. The summed E-state index contributed by atoms with van der Waals surface area (Å²) >= 11 is 0. The van der Waals surface area contributed by atoms with Gasteiger partial charge in [0.25, 0.3) is 5.91 Å². The summed E-state index contributed by atoms with van der Waals surface area (Å²) in [5.74, 6) is 0.183. The number of hydrogen-bond donors (Lipinski definition) is 3. The van der Waals surface area contributed by atoms with Crippen molar-refractivity contribution in [1.29, 1.82) is 0 Å². The number of methoxy groups -OCH3 is 1. The first-order valence-corrected chi connectivity index (χ1v) is 17.3. The van der Waals surface area contributed by atoms with Crippen molar-refractivity contribution in [2.24, 2.45) is 5.92 Å². The van der Waals surface area contributed by atoms with Crippen molar-refractivity contribution in [3.05, 3.63) is 64.8 Å². The predicted molar refractivity (Wildman–Crippen MR) is 175 cm³/mol. The van der Waals surface area contributed by atoms with Gasteiger partial charge in [-0.1, -0.05) is 12.1 Å². The molecule has 1 atom stereocenters. The van der Waals surface area contributed by atoms with Crippen LogP contribution in [0.3, 0.4) is 0 Å². The summed E-state index contributed by atoms with van der Waals surface area (Å²) in [6.45, 7) is 4.58. The van der Waals surface area contributed by atoms with Crippen LogP contribution >= 0.6 is 0 Å². The number of nitrogens with zero attached hydrogens (tertiary/aromatic N) is 4. The fourth-order valence-electron chi connectivity index (χ4n) is 5.59. The molecule has 2 aromatic carbocycles. The molecule has 0 spiro atoms. The molecule has 2 heterocycles. The second-order valence-corrected chi connectivity index (χ2v) is 14.2. The van der Waals surface area contributed by atoms with Crippen LogP contribution in [0.1, 0.15) is 52.7 Å². The molecule has 2 aliphatic rings. The van der Waals surface area contributed by atoms with E-state index < -0.39 is 27.6 Å². The Morgan fingerprint density at radius 3 is 2.60 bits per heavy atom. The van der Waals surface area contributed by atoms with Crippen LogP contribution in [0.2, 0.25) is 0 Å². The molecule has 2 fully saturated rings. The molecule has 1 aromatic heterocycles. The molecule has 3 N–H and O–H groups in total. The zero-order chi connectivity index (χ0) is 33.9. The van der Waals surface area contributed by atoms with Crippen LogP contribution in [0.4, 0.5) is 36.3 Å². The Morgan fingerprint density at radius 1 is 1.15 bits per heavy atom. The van der Waals surface area contributed by atoms with Crippen molar-refractivity contribution in [3.63, 3.8) is 0 Å². The number of ether oxygens (including phenoxy) is 1. The number of aryl methyl sites for hydroxylation is 1. The van der Waals surface area contributed by atoms with E-state index in [0.717, 1.165) is 54.5 Å². The molecule has 5 rings (SSSR count). The van der Waals surface area contributed by atoms with Crippen LogP contribution in [0.25, 0.3) is 0 Å². The number of anilines is 4. The number of likely N-dealkylation sites (tertiary alicyclic amines) is 1. The predicted octanol–water partition coefficient (Wildman–Crippen LogP) is 5.17. The molecule has 1 amide bonds. The number of hydrogen-bond acceptors (Lipinski definition) is 9. The van der Waals surface area contributed by atoms with Gasteiger partial charge in [-0.05, 0) is 80.5 Å². The molecule has 11 nitrogen and oxygen atoms in total. The van der Waals surface area contributed by atoms with Crippen LogP contribution in [0, 0.1) is 12.8 Å². The quantitative estimate of drug-likeness (QED) is 0.238. The Bertz CT molecular complexity index is 1720. The van der Waals surface area contributed by atoms with Crippen molar-refractivity contribution in [1.82, 2.24) is 20.2 Å². The third kappa shape index (κ3) is 8.83. The summed E-state index contributed by atoms with van der Waals surface area (Å²) in [4.78, 5) is 23.5. The van der Waals surface area contributed by atoms with E-state index in [-0.39, 0.29) is 30.2 Å². The Kier molecular flexibility index (Phi) is 10.2. The molecule has 47 heavy (non-hydrogen) atoms. The zero-order valence-electron chi connectivity index (χ0n) is 26.8. The van der Waals surface area contributed by atoms with E-state index in [1.54, 1.807) is 43.3 Å². The van der Waals surface area contributed by atoms with E-state index >= 15 is 0 Å². The van der Waals surface area contributed by atoms with Crippen molar-refractivity contribution < 1.29 is 31.1 Å².